The van der Waals surface area contributed by atoms with Gasteiger partial charge < -0.3 is 39.5 Å². The SMILES string of the molecule is C.CC(C)(C)Oc1ccc(C[C@H](N)C(=O)OCc2ccccc2)cc1.CC(C)(C)Oc1ccc(C[C@H](NC(=O)Oc2ccc([N+](=O)[O-])cc2)C(=O)OCc2ccccc2)cc1.O=C(Cl)Oc1ccc([N+](=O)[O-])cc1. The minimum absolute atomic E-state index is 0. The fraction of sp³-hybridized carbons (Fsp3) is 0.273. The third-order valence-electron chi connectivity index (χ3n) is 9.42. The van der Waals surface area contributed by atoms with E-state index in [1.165, 1.54) is 48.5 Å². The number of nitrogens with two attached hydrogens (primary N) is 1. The number of non-ortho nitro benzene ring substituents is 2. The molecule has 0 fully saturated rings. The number of rotatable bonds is 17. The number of esters is 2. The molecule has 0 bridgehead atoms. The minimum atomic E-state index is -1.03. The Balaban J connectivity index is 0.000000325. The Morgan fingerprint density at radius 1 is 0.527 bits per heavy atom. The zero-order chi connectivity index (χ0) is 53.6. The van der Waals surface area contributed by atoms with Crippen molar-refractivity contribution in [2.45, 2.75) is 98.3 Å². The molecule has 1 amide bonds. The van der Waals surface area contributed by atoms with Gasteiger partial charge in [-0.25, -0.2) is 14.4 Å². The molecule has 0 unspecified atom stereocenters. The van der Waals surface area contributed by atoms with Crippen molar-refractivity contribution in [3.8, 4) is 23.0 Å². The largest absolute Gasteiger partial charge is 0.488 e. The lowest BCUT2D eigenvalue weighted by atomic mass is 10.1. The van der Waals surface area contributed by atoms with Gasteiger partial charge in [-0.05, 0) is 119 Å². The molecule has 3 N–H and O–H groups in total. The van der Waals surface area contributed by atoms with Crippen LogP contribution in [0.4, 0.5) is 21.0 Å². The highest BCUT2D eigenvalue weighted by Crippen LogP contribution is 2.22. The Morgan fingerprint density at radius 2 is 0.892 bits per heavy atom. The molecular formula is C55H61ClN4O14. The van der Waals surface area contributed by atoms with Crippen LogP contribution in [-0.2, 0) is 45.1 Å². The van der Waals surface area contributed by atoms with Gasteiger partial charge in [0.1, 0.15) is 59.5 Å². The lowest BCUT2D eigenvalue weighted by Crippen LogP contribution is -2.44. The highest BCUT2D eigenvalue weighted by atomic mass is 35.5. The summed E-state index contributed by atoms with van der Waals surface area (Å²) in [7, 11) is 0. The summed E-state index contributed by atoms with van der Waals surface area (Å²) in [5, 5.41) is 23.6. The number of amides is 1. The number of carbonyl (C=O) groups excluding carboxylic acids is 4. The normalized spacial score (nSPS) is 11.4. The van der Waals surface area contributed by atoms with Crippen LogP contribution in [0.25, 0.3) is 0 Å². The first kappa shape index (κ1) is 60.0. The summed E-state index contributed by atoms with van der Waals surface area (Å²) in [6.07, 6.45) is -0.305. The van der Waals surface area contributed by atoms with Crippen molar-refractivity contribution < 1.29 is 57.4 Å². The van der Waals surface area contributed by atoms with Crippen molar-refractivity contribution >= 4 is 46.4 Å². The molecule has 18 nitrogen and oxygen atoms in total. The molecule has 2 atom stereocenters. The van der Waals surface area contributed by atoms with Crippen LogP contribution in [0.2, 0.25) is 0 Å². The number of ether oxygens (including phenoxy) is 6. The molecule has 0 saturated carbocycles. The van der Waals surface area contributed by atoms with E-state index in [1.807, 2.05) is 139 Å². The standard InChI is InChI=1S/C27H28N2O7.C20H25NO3.C7H4ClNO4.CH4/c1-27(2,3)36-23-13-9-19(10-14-23)17-24(25(30)34-18-20-7-5-4-6-8-20)28-26(31)35-22-15-11-21(12-16-22)29(32)33;1-20(2,3)24-17-11-9-15(10-12-17)13-18(21)19(22)23-14-16-7-5-4-6-8-16;8-7(10)13-6-3-1-5(2-4-6)9(11)12;/h4-16,24H,17-18H2,1-3H3,(H,28,31);4-12,18H,13-14,21H2,1-3H3;1-4H;1H4/t24-;18-;;/m00../s1. The molecule has 6 aromatic rings. The number of nitro benzene ring substituents is 2. The Bertz CT molecular complexity index is 2710. The molecule has 6 aromatic carbocycles. The third kappa shape index (κ3) is 23.3. The monoisotopic (exact) mass is 1040 g/mol. The molecule has 0 radical (unpaired) electrons. The average Bonchev–Trinajstić information content (AvgIpc) is 3.33. The molecule has 0 aromatic heterocycles. The first-order chi connectivity index (χ1) is 34.5. The summed E-state index contributed by atoms with van der Waals surface area (Å²) < 4.78 is 32.0. The molecule has 74 heavy (non-hydrogen) atoms. The lowest BCUT2D eigenvalue weighted by Gasteiger charge is -2.21. The number of carbonyl (C=O) groups is 4. The smallest absolute Gasteiger partial charge is 0.413 e. The fourth-order valence-electron chi connectivity index (χ4n) is 6.17. The van der Waals surface area contributed by atoms with Crippen LogP contribution in [0.1, 0.15) is 71.2 Å². The van der Waals surface area contributed by atoms with E-state index in [-0.39, 0.29) is 61.1 Å². The van der Waals surface area contributed by atoms with E-state index in [1.54, 1.807) is 12.1 Å². The van der Waals surface area contributed by atoms with Gasteiger partial charge in [-0.15, -0.1) is 0 Å². The van der Waals surface area contributed by atoms with Gasteiger partial charge in [-0.3, -0.25) is 25.0 Å². The molecule has 0 aliphatic heterocycles. The molecule has 0 spiro atoms. The van der Waals surface area contributed by atoms with Crippen LogP contribution in [0.5, 0.6) is 23.0 Å². The Labute approximate surface area is 434 Å². The number of halogens is 1. The van der Waals surface area contributed by atoms with E-state index in [0.717, 1.165) is 28.0 Å². The topological polar surface area (TPSA) is 248 Å². The van der Waals surface area contributed by atoms with Gasteiger partial charge >= 0.3 is 23.5 Å². The van der Waals surface area contributed by atoms with Crippen LogP contribution >= 0.6 is 11.6 Å². The molecule has 392 valence electrons. The molecule has 0 saturated heterocycles. The first-order valence-corrected chi connectivity index (χ1v) is 23.0. The number of hydrogen-bond donors (Lipinski definition) is 2. The van der Waals surface area contributed by atoms with E-state index in [9.17, 15) is 39.4 Å². The van der Waals surface area contributed by atoms with E-state index in [0.29, 0.717) is 12.2 Å². The zero-order valence-electron chi connectivity index (χ0n) is 41.1. The molecular weight excluding hydrogens is 976 g/mol. The Morgan fingerprint density at radius 3 is 1.27 bits per heavy atom. The first-order valence-electron chi connectivity index (χ1n) is 22.6. The van der Waals surface area contributed by atoms with E-state index in [4.69, 9.17) is 41.0 Å². The lowest BCUT2D eigenvalue weighted by molar-refractivity contribution is -0.385. The van der Waals surface area contributed by atoms with Crippen molar-refractivity contribution in [1.29, 1.82) is 0 Å². The van der Waals surface area contributed by atoms with Gasteiger partial charge in [0.15, 0.2) is 0 Å². The van der Waals surface area contributed by atoms with Crippen molar-refractivity contribution in [3.63, 3.8) is 0 Å². The number of benzene rings is 6. The molecule has 0 heterocycles. The van der Waals surface area contributed by atoms with Crippen LogP contribution in [0.3, 0.4) is 0 Å². The van der Waals surface area contributed by atoms with Gasteiger partial charge in [0.05, 0.1) is 9.85 Å². The maximum Gasteiger partial charge on any atom is 0.413 e. The summed E-state index contributed by atoms with van der Waals surface area (Å²) >= 11 is 4.92. The van der Waals surface area contributed by atoms with E-state index < -0.39 is 45.4 Å². The molecule has 0 aliphatic carbocycles. The summed E-state index contributed by atoms with van der Waals surface area (Å²) in [6.45, 7) is 12.1. The van der Waals surface area contributed by atoms with E-state index >= 15 is 0 Å². The average molecular weight is 1040 g/mol. The minimum Gasteiger partial charge on any atom is -0.488 e. The zero-order valence-corrected chi connectivity index (χ0v) is 41.8. The Hall–Kier alpha value is -8.35. The van der Waals surface area contributed by atoms with Crippen molar-refractivity contribution in [2.75, 3.05) is 0 Å². The van der Waals surface area contributed by atoms with Crippen LogP contribution in [0, 0.1) is 20.2 Å². The third-order valence-corrected chi connectivity index (χ3v) is 9.50. The molecule has 0 aliphatic rings. The van der Waals surface area contributed by atoms with Gasteiger partial charge in [0, 0.05) is 42.3 Å². The second-order valence-electron chi connectivity index (χ2n) is 17.8. The van der Waals surface area contributed by atoms with Crippen molar-refractivity contribution in [3.05, 3.63) is 200 Å². The maximum atomic E-state index is 12.9. The van der Waals surface area contributed by atoms with Gasteiger partial charge in [-0.1, -0.05) is 92.4 Å². The van der Waals surface area contributed by atoms with E-state index in [2.05, 4.69) is 10.1 Å². The second-order valence-corrected chi connectivity index (χ2v) is 18.2. The predicted molar refractivity (Wildman–Crippen MR) is 279 cm³/mol. The van der Waals surface area contributed by atoms with Crippen LogP contribution in [-0.4, -0.2) is 56.6 Å². The maximum absolute atomic E-state index is 12.9. The van der Waals surface area contributed by atoms with Gasteiger partial charge in [0.2, 0.25) is 0 Å². The second kappa shape index (κ2) is 29.2. The summed E-state index contributed by atoms with van der Waals surface area (Å²) in [6, 6.07) is 41.9. The van der Waals surface area contributed by atoms with Crippen LogP contribution in [0.15, 0.2) is 158 Å². The number of nitrogens with one attached hydrogen (secondary N) is 1. The van der Waals surface area contributed by atoms with Crippen molar-refractivity contribution in [1.82, 2.24) is 5.32 Å². The van der Waals surface area contributed by atoms with Gasteiger partial charge in [-0.2, -0.15) is 0 Å². The number of nitrogens with zero attached hydrogens (tertiary/aromatic N) is 2. The summed E-state index contributed by atoms with van der Waals surface area (Å²) in [5.74, 6) is 0.721. The highest BCUT2D eigenvalue weighted by molar-refractivity contribution is 6.61. The fourth-order valence-corrected chi connectivity index (χ4v) is 6.26. The molecule has 6 rings (SSSR count). The Kier molecular flexibility index (Phi) is 23.7. The van der Waals surface area contributed by atoms with Crippen molar-refractivity contribution in [2.24, 2.45) is 5.73 Å². The number of hydrogen-bond acceptors (Lipinski definition) is 15. The molecule has 19 heteroatoms. The van der Waals surface area contributed by atoms with Crippen LogP contribution < -0.4 is 30.0 Å². The highest BCUT2D eigenvalue weighted by Gasteiger charge is 2.25. The summed E-state index contributed by atoms with van der Waals surface area (Å²) in [4.78, 5) is 67.6. The van der Waals surface area contributed by atoms with Gasteiger partial charge in [0.25, 0.3) is 11.4 Å². The summed E-state index contributed by atoms with van der Waals surface area (Å²) in [5.41, 5.74) is 7.67. The quantitative estimate of drug-likeness (QED) is 0.0373. The number of nitro groups is 2. The predicted octanol–water partition coefficient (Wildman–Crippen LogP) is 11.7.